The molecule has 0 aromatic heterocycles. The average molecular weight is 219 g/mol. The third-order valence-corrected chi connectivity index (χ3v) is 2.53. The van der Waals surface area contributed by atoms with Crippen LogP contribution in [0.15, 0.2) is 0 Å². The van der Waals surface area contributed by atoms with E-state index in [4.69, 9.17) is 9.84 Å². The van der Waals surface area contributed by atoms with Gasteiger partial charge < -0.3 is 25.4 Å². The minimum Gasteiger partial charge on any atom is -0.396 e. The zero-order chi connectivity index (χ0) is 11.6. The van der Waals surface area contributed by atoms with Gasteiger partial charge in [-0.25, -0.2) is 0 Å². The van der Waals surface area contributed by atoms with Gasteiger partial charge in [0.1, 0.15) is 12.1 Å². The van der Waals surface area contributed by atoms with Crippen molar-refractivity contribution in [1.82, 2.24) is 5.32 Å². The van der Waals surface area contributed by atoms with E-state index in [1.165, 1.54) is 6.92 Å². The lowest BCUT2D eigenvalue weighted by Gasteiger charge is -2.21. The van der Waals surface area contributed by atoms with E-state index in [0.717, 1.165) is 0 Å². The molecule has 1 saturated heterocycles. The highest BCUT2D eigenvalue weighted by Gasteiger charge is 2.45. The Balaban J connectivity index is 2.65. The Labute approximate surface area is 87.9 Å². The van der Waals surface area contributed by atoms with Crippen LogP contribution in [-0.2, 0) is 9.53 Å². The number of hydrogen-bond donors (Lipinski definition) is 4. The Bertz CT molecular complexity index is 235. The molecule has 5 atom stereocenters. The fourth-order valence-corrected chi connectivity index (χ4v) is 1.67. The van der Waals surface area contributed by atoms with Crippen LogP contribution in [0.5, 0.6) is 0 Å². The summed E-state index contributed by atoms with van der Waals surface area (Å²) in [5.74, 6) is -0.646. The maximum Gasteiger partial charge on any atom is 0.217 e. The molecule has 1 aliphatic rings. The molecule has 6 nitrogen and oxygen atoms in total. The monoisotopic (exact) mass is 219 g/mol. The molecule has 1 amide bonds. The van der Waals surface area contributed by atoms with Crippen molar-refractivity contribution in [2.75, 3.05) is 6.61 Å². The van der Waals surface area contributed by atoms with Crippen molar-refractivity contribution in [3.05, 3.63) is 0 Å². The molecule has 0 saturated carbocycles. The molecule has 1 rings (SSSR count). The minimum absolute atomic E-state index is 0.152. The topological polar surface area (TPSA) is 99.0 Å². The summed E-state index contributed by atoms with van der Waals surface area (Å²) in [5.41, 5.74) is 0. The van der Waals surface area contributed by atoms with Crippen molar-refractivity contribution >= 4 is 5.91 Å². The molecule has 15 heavy (non-hydrogen) atoms. The number of nitrogens with one attached hydrogen (secondary N) is 1. The maximum absolute atomic E-state index is 10.8. The Morgan fingerprint density at radius 1 is 1.53 bits per heavy atom. The molecule has 1 heterocycles. The van der Waals surface area contributed by atoms with Gasteiger partial charge in [-0.3, -0.25) is 4.79 Å². The summed E-state index contributed by atoms with van der Waals surface area (Å²) in [6, 6.07) is -0.832. The van der Waals surface area contributed by atoms with Crippen LogP contribution in [0.2, 0.25) is 0 Å². The van der Waals surface area contributed by atoms with Gasteiger partial charge in [0, 0.05) is 19.4 Å². The van der Waals surface area contributed by atoms with Gasteiger partial charge in [-0.2, -0.15) is 0 Å². The lowest BCUT2D eigenvalue weighted by atomic mass is 9.98. The number of carbonyl (C=O) groups excluding carboxylic acids is 1. The molecule has 0 spiro atoms. The summed E-state index contributed by atoms with van der Waals surface area (Å²) in [6.07, 6.45) is -2.91. The summed E-state index contributed by atoms with van der Waals surface area (Å²) in [7, 11) is 0. The van der Waals surface area contributed by atoms with E-state index in [0.29, 0.717) is 0 Å². The highest BCUT2D eigenvalue weighted by molar-refractivity contribution is 5.73. The highest BCUT2D eigenvalue weighted by atomic mass is 16.6. The number of aliphatic hydroxyl groups is 3. The second-order valence-electron chi connectivity index (χ2n) is 3.87. The van der Waals surface area contributed by atoms with Gasteiger partial charge in [0.25, 0.3) is 0 Å². The molecule has 0 aliphatic carbocycles. The van der Waals surface area contributed by atoms with Crippen LogP contribution in [0.3, 0.4) is 0 Å². The van der Waals surface area contributed by atoms with Gasteiger partial charge in [0.15, 0.2) is 6.29 Å². The molecule has 0 bridgehead atoms. The van der Waals surface area contributed by atoms with Crippen LogP contribution in [0.4, 0.5) is 0 Å². The lowest BCUT2D eigenvalue weighted by Crippen LogP contribution is -2.47. The molecule has 1 fully saturated rings. The van der Waals surface area contributed by atoms with Gasteiger partial charge in [-0.1, -0.05) is 6.92 Å². The van der Waals surface area contributed by atoms with Crippen LogP contribution >= 0.6 is 0 Å². The van der Waals surface area contributed by atoms with Crippen LogP contribution in [-0.4, -0.2) is 52.4 Å². The number of carbonyl (C=O) groups is 1. The van der Waals surface area contributed by atoms with Crippen molar-refractivity contribution in [3.8, 4) is 0 Å². The first-order valence-corrected chi connectivity index (χ1v) is 4.87. The largest absolute Gasteiger partial charge is 0.396 e. The van der Waals surface area contributed by atoms with Crippen molar-refractivity contribution in [1.29, 1.82) is 0 Å². The Hall–Kier alpha value is -0.690. The fourth-order valence-electron chi connectivity index (χ4n) is 1.67. The van der Waals surface area contributed by atoms with Crippen molar-refractivity contribution in [2.45, 2.75) is 38.4 Å². The first kappa shape index (κ1) is 12.4. The van der Waals surface area contributed by atoms with E-state index >= 15 is 0 Å². The Kier molecular flexibility index (Phi) is 4.04. The van der Waals surface area contributed by atoms with Gasteiger partial charge in [0.2, 0.25) is 5.91 Å². The Morgan fingerprint density at radius 2 is 2.13 bits per heavy atom. The molecular formula is C9H17NO5. The van der Waals surface area contributed by atoms with Crippen LogP contribution in [0.25, 0.3) is 0 Å². The second kappa shape index (κ2) is 4.89. The predicted molar refractivity (Wildman–Crippen MR) is 50.7 cm³/mol. The molecule has 1 unspecified atom stereocenters. The van der Waals surface area contributed by atoms with E-state index in [9.17, 15) is 15.0 Å². The van der Waals surface area contributed by atoms with Gasteiger partial charge in [-0.15, -0.1) is 0 Å². The molecule has 0 radical (unpaired) electrons. The molecule has 0 aromatic carbocycles. The molecule has 4 N–H and O–H groups in total. The van der Waals surface area contributed by atoms with Gasteiger partial charge >= 0.3 is 0 Å². The second-order valence-corrected chi connectivity index (χ2v) is 3.87. The predicted octanol–water partition coefficient (Wildman–Crippen LogP) is -1.80. The molecule has 0 aromatic rings. The van der Waals surface area contributed by atoms with Crippen molar-refractivity contribution in [2.24, 2.45) is 5.92 Å². The summed E-state index contributed by atoms with van der Waals surface area (Å²) < 4.78 is 5.07. The first-order valence-electron chi connectivity index (χ1n) is 4.87. The standard InChI is InChI=1S/C9H17NO5/c1-4(3-11)8-7(13)6(9(14)15-8)10-5(2)12/h4,6-9,11,13-14H,3H2,1-2H3,(H,10,12)/t4-,6?,7-,8+,9-/m0/s1. The molecule has 88 valence electrons. The normalized spacial score (nSPS) is 37.7. The molecule has 1 aliphatic heterocycles. The summed E-state index contributed by atoms with van der Waals surface area (Å²) in [6.45, 7) is 2.83. The van der Waals surface area contributed by atoms with Gasteiger partial charge in [-0.05, 0) is 0 Å². The van der Waals surface area contributed by atoms with E-state index < -0.39 is 24.5 Å². The smallest absolute Gasteiger partial charge is 0.217 e. The highest BCUT2D eigenvalue weighted by Crippen LogP contribution is 2.25. The van der Waals surface area contributed by atoms with Gasteiger partial charge in [0.05, 0.1) is 6.10 Å². The molecular weight excluding hydrogens is 202 g/mol. The Morgan fingerprint density at radius 3 is 2.60 bits per heavy atom. The number of ether oxygens (including phenoxy) is 1. The van der Waals surface area contributed by atoms with Crippen LogP contribution in [0, 0.1) is 5.92 Å². The average Bonchev–Trinajstić information content (AvgIpc) is 2.44. The van der Waals surface area contributed by atoms with E-state index in [2.05, 4.69) is 5.32 Å². The number of amides is 1. The third kappa shape index (κ3) is 2.66. The van der Waals surface area contributed by atoms with Crippen LogP contribution < -0.4 is 5.32 Å². The minimum atomic E-state index is -1.23. The molecule has 6 heteroatoms. The number of hydrogen-bond acceptors (Lipinski definition) is 5. The fraction of sp³-hybridized carbons (Fsp3) is 0.889. The van der Waals surface area contributed by atoms with Crippen molar-refractivity contribution in [3.63, 3.8) is 0 Å². The van der Waals surface area contributed by atoms with E-state index in [1.807, 2.05) is 0 Å². The lowest BCUT2D eigenvalue weighted by molar-refractivity contribution is -0.129. The van der Waals surface area contributed by atoms with Crippen molar-refractivity contribution < 1.29 is 24.9 Å². The van der Waals surface area contributed by atoms with E-state index in [-0.39, 0.29) is 18.4 Å². The van der Waals surface area contributed by atoms with Crippen LogP contribution in [0.1, 0.15) is 13.8 Å². The summed E-state index contributed by atoms with van der Waals surface area (Å²) in [5, 5.41) is 30.5. The zero-order valence-electron chi connectivity index (χ0n) is 8.75. The summed E-state index contributed by atoms with van der Waals surface area (Å²) >= 11 is 0. The maximum atomic E-state index is 10.8. The SMILES string of the molecule is CC(=O)NC1[C@@H](O)O[C@H]([C@@H](C)CO)[C@H]1O. The number of aliphatic hydroxyl groups excluding tert-OH is 3. The zero-order valence-corrected chi connectivity index (χ0v) is 8.75. The third-order valence-electron chi connectivity index (χ3n) is 2.53. The first-order chi connectivity index (χ1) is 6.97. The van der Waals surface area contributed by atoms with E-state index in [1.54, 1.807) is 6.92 Å². The quantitative estimate of drug-likeness (QED) is 0.449. The number of rotatable bonds is 3. The summed E-state index contributed by atoms with van der Waals surface area (Å²) in [4.78, 5) is 10.8.